The maximum atomic E-state index is 5.78. The molecule has 0 spiro atoms. The van der Waals surface area contributed by atoms with Gasteiger partial charge in [-0.2, -0.15) is 0 Å². The fourth-order valence-electron chi connectivity index (χ4n) is 4.31. The lowest BCUT2D eigenvalue weighted by molar-refractivity contribution is 0.00878. The second kappa shape index (κ2) is 26.9. The van der Waals surface area contributed by atoms with Crippen molar-refractivity contribution in [2.75, 3.05) is 46.2 Å². The Kier molecular flexibility index (Phi) is 24.6. The van der Waals surface area contributed by atoms with Crippen molar-refractivity contribution in [2.45, 2.75) is 123 Å². The molecule has 0 unspecified atom stereocenters. The third kappa shape index (κ3) is 22.1. The summed E-state index contributed by atoms with van der Waals surface area (Å²) in [6, 6.07) is 8.53. The van der Waals surface area contributed by atoms with E-state index in [1.165, 1.54) is 115 Å². The Morgan fingerprint density at radius 2 is 0.833 bits per heavy atom. The minimum Gasteiger partial charge on any atom is -0.491 e. The Morgan fingerprint density at radius 1 is 0.417 bits per heavy atom. The second-order valence-corrected chi connectivity index (χ2v) is 10.0. The molecule has 1 aromatic rings. The van der Waals surface area contributed by atoms with E-state index in [1.807, 2.05) is 0 Å². The highest BCUT2D eigenvalue weighted by molar-refractivity contribution is 5.27. The van der Waals surface area contributed by atoms with Gasteiger partial charge in [0.2, 0.25) is 0 Å². The first-order valence-electron chi connectivity index (χ1n) is 15.3. The normalized spacial score (nSPS) is 11.3. The molecule has 36 heavy (non-hydrogen) atoms. The molecule has 210 valence electrons. The van der Waals surface area contributed by atoms with Gasteiger partial charge in [-0.1, -0.05) is 116 Å². The molecular formula is C32H58O4. The summed E-state index contributed by atoms with van der Waals surface area (Å²) in [5.41, 5.74) is 1.40. The molecule has 0 heterocycles. The molecule has 0 N–H and O–H groups in total. The zero-order valence-electron chi connectivity index (χ0n) is 23.9. The summed E-state index contributed by atoms with van der Waals surface area (Å²) in [5.74, 6) is 0.918. The summed E-state index contributed by atoms with van der Waals surface area (Å²) in [4.78, 5) is 0. The van der Waals surface area contributed by atoms with E-state index >= 15 is 0 Å². The minimum absolute atomic E-state index is 0.568. The highest BCUT2D eigenvalue weighted by Gasteiger charge is 1.98. The van der Waals surface area contributed by atoms with Crippen molar-refractivity contribution in [2.24, 2.45) is 0 Å². The van der Waals surface area contributed by atoms with E-state index in [0.29, 0.717) is 39.6 Å². The molecule has 0 fully saturated rings. The first kappa shape index (κ1) is 32.9. The van der Waals surface area contributed by atoms with Crippen LogP contribution in [0.5, 0.6) is 5.75 Å². The Bertz CT molecular complexity index is 546. The van der Waals surface area contributed by atoms with Crippen molar-refractivity contribution in [3.05, 3.63) is 29.8 Å². The molecule has 0 bridgehead atoms. The fraction of sp³-hybridized carbons (Fsp3) is 0.812. The molecule has 1 aromatic carbocycles. The van der Waals surface area contributed by atoms with Crippen LogP contribution in [0.4, 0.5) is 0 Å². The van der Waals surface area contributed by atoms with Crippen molar-refractivity contribution in [1.29, 1.82) is 0 Å². The van der Waals surface area contributed by atoms with Gasteiger partial charge in [-0.25, -0.2) is 0 Å². The minimum atomic E-state index is 0.568. The van der Waals surface area contributed by atoms with Crippen LogP contribution in [0.15, 0.2) is 24.3 Å². The molecule has 1 rings (SSSR count). The van der Waals surface area contributed by atoms with Crippen LogP contribution in [0.1, 0.15) is 122 Å². The second-order valence-electron chi connectivity index (χ2n) is 10.0. The summed E-state index contributed by atoms with van der Waals surface area (Å²) >= 11 is 0. The predicted octanol–water partition coefficient (Wildman–Crippen LogP) is 8.94. The molecule has 0 aliphatic heterocycles. The third-order valence-electron chi connectivity index (χ3n) is 6.63. The van der Waals surface area contributed by atoms with Gasteiger partial charge in [0, 0.05) is 6.61 Å². The molecule has 4 nitrogen and oxygen atoms in total. The zero-order chi connectivity index (χ0) is 25.8. The smallest absolute Gasteiger partial charge is 0.119 e. The number of hydrogen-bond acceptors (Lipinski definition) is 4. The molecule has 0 amide bonds. The van der Waals surface area contributed by atoms with Crippen molar-refractivity contribution in [3.63, 3.8) is 0 Å². The van der Waals surface area contributed by atoms with Gasteiger partial charge < -0.3 is 18.9 Å². The molecule has 0 radical (unpaired) electrons. The molecule has 4 heteroatoms. The van der Waals surface area contributed by atoms with Crippen molar-refractivity contribution < 1.29 is 18.9 Å². The summed E-state index contributed by atoms with van der Waals surface area (Å²) in [6.45, 7) is 9.07. The van der Waals surface area contributed by atoms with Crippen LogP contribution in [0, 0.1) is 0 Å². The molecule has 0 saturated heterocycles. The molecule has 0 aliphatic carbocycles. The summed E-state index contributed by atoms with van der Waals surface area (Å²) < 4.78 is 22.6. The van der Waals surface area contributed by atoms with E-state index in [-0.39, 0.29) is 0 Å². The lowest BCUT2D eigenvalue weighted by atomic mass is 10.0. The highest BCUT2D eigenvalue weighted by atomic mass is 16.6. The Labute approximate surface area is 223 Å². The Morgan fingerprint density at radius 3 is 1.36 bits per heavy atom. The quantitative estimate of drug-likeness (QED) is 0.106. The van der Waals surface area contributed by atoms with Gasteiger partial charge in [0.05, 0.1) is 33.0 Å². The van der Waals surface area contributed by atoms with Crippen LogP contribution in [-0.2, 0) is 20.6 Å². The third-order valence-corrected chi connectivity index (χ3v) is 6.63. The number of ether oxygens (including phenoxy) is 4. The van der Waals surface area contributed by atoms with Gasteiger partial charge in [-0.15, -0.1) is 0 Å². The SMILES string of the molecule is CCCCCCCCCCCCOCCOCCOCCOc1ccc(CCCCCCCC)cc1. The molecular weight excluding hydrogens is 448 g/mol. The first-order valence-corrected chi connectivity index (χ1v) is 15.3. The van der Waals surface area contributed by atoms with Gasteiger partial charge in [-0.05, 0) is 37.0 Å². The lowest BCUT2D eigenvalue weighted by Crippen LogP contribution is -2.13. The van der Waals surface area contributed by atoms with E-state index in [4.69, 9.17) is 18.9 Å². The number of benzene rings is 1. The average molecular weight is 507 g/mol. The van der Waals surface area contributed by atoms with Crippen molar-refractivity contribution >= 4 is 0 Å². The zero-order valence-corrected chi connectivity index (χ0v) is 23.9. The Balaban J connectivity index is 1.78. The first-order chi connectivity index (χ1) is 17.9. The number of aryl methyl sites for hydroxylation is 1. The summed E-state index contributed by atoms with van der Waals surface area (Å²) in [5, 5.41) is 0. The molecule has 0 aliphatic rings. The number of rotatable bonds is 28. The van der Waals surface area contributed by atoms with Crippen LogP contribution in [0.3, 0.4) is 0 Å². The van der Waals surface area contributed by atoms with Crippen LogP contribution >= 0.6 is 0 Å². The standard InChI is InChI=1S/C32H58O4/c1-3-5-7-9-11-12-13-14-16-18-24-33-25-26-34-27-28-35-29-30-36-32-22-20-31(21-23-32)19-17-15-10-8-6-4-2/h20-23H,3-19,24-30H2,1-2H3. The summed E-state index contributed by atoms with van der Waals surface area (Å²) in [6.07, 6.45) is 22.8. The summed E-state index contributed by atoms with van der Waals surface area (Å²) in [7, 11) is 0. The maximum absolute atomic E-state index is 5.78. The maximum Gasteiger partial charge on any atom is 0.119 e. The van der Waals surface area contributed by atoms with Gasteiger partial charge in [0.1, 0.15) is 12.4 Å². The van der Waals surface area contributed by atoms with E-state index in [9.17, 15) is 0 Å². The van der Waals surface area contributed by atoms with Crippen molar-refractivity contribution in [3.8, 4) is 5.75 Å². The van der Waals surface area contributed by atoms with E-state index in [2.05, 4.69) is 38.1 Å². The lowest BCUT2D eigenvalue weighted by Gasteiger charge is -2.09. The van der Waals surface area contributed by atoms with Crippen LogP contribution < -0.4 is 4.74 Å². The van der Waals surface area contributed by atoms with E-state index in [0.717, 1.165) is 12.4 Å². The predicted molar refractivity (Wildman–Crippen MR) is 153 cm³/mol. The average Bonchev–Trinajstić information content (AvgIpc) is 2.90. The van der Waals surface area contributed by atoms with Crippen LogP contribution in [-0.4, -0.2) is 46.2 Å². The number of hydrogen-bond donors (Lipinski definition) is 0. The Hall–Kier alpha value is -1.10. The highest BCUT2D eigenvalue weighted by Crippen LogP contribution is 2.15. The monoisotopic (exact) mass is 506 g/mol. The molecule has 0 saturated carbocycles. The van der Waals surface area contributed by atoms with Crippen LogP contribution in [0.25, 0.3) is 0 Å². The van der Waals surface area contributed by atoms with Gasteiger partial charge >= 0.3 is 0 Å². The van der Waals surface area contributed by atoms with E-state index in [1.54, 1.807) is 0 Å². The van der Waals surface area contributed by atoms with Crippen molar-refractivity contribution in [1.82, 2.24) is 0 Å². The number of unbranched alkanes of at least 4 members (excludes halogenated alkanes) is 14. The molecule has 0 atom stereocenters. The van der Waals surface area contributed by atoms with Gasteiger partial charge in [0.25, 0.3) is 0 Å². The largest absolute Gasteiger partial charge is 0.491 e. The van der Waals surface area contributed by atoms with Gasteiger partial charge in [-0.3, -0.25) is 0 Å². The molecule has 0 aromatic heterocycles. The van der Waals surface area contributed by atoms with E-state index < -0.39 is 0 Å². The van der Waals surface area contributed by atoms with Gasteiger partial charge in [0.15, 0.2) is 0 Å². The fourth-order valence-corrected chi connectivity index (χ4v) is 4.31. The van der Waals surface area contributed by atoms with Crippen LogP contribution in [0.2, 0.25) is 0 Å². The topological polar surface area (TPSA) is 36.9 Å².